The second-order valence-corrected chi connectivity index (χ2v) is 3.72. The summed E-state index contributed by atoms with van der Waals surface area (Å²) in [5.41, 5.74) is 6.23. The predicted octanol–water partition coefficient (Wildman–Crippen LogP) is 0.909. The normalized spacial score (nSPS) is 10.8. The van der Waals surface area contributed by atoms with Gasteiger partial charge in [0.1, 0.15) is 11.6 Å². The van der Waals surface area contributed by atoms with Crippen molar-refractivity contribution in [3.63, 3.8) is 0 Å². The molecule has 2 heterocycles. The first-order valence-electron chi connectivity index (χ1n) is 5.47. The van der Waals surface area contributed by atoms with Gasteiger partial charge in [-0.3, -0.25) is 4.98 Å². The summed E-state index contributed by atoms with van der Waals surface area (Å²) in [4.78, 5) is 3.95. The van der Waals surface area contributed by atoms with Gasteiger partial charge < -0.3 is 10.5 Å². The van der Waals surface area contributed by atoms with Crippen LogP contribution >= 0.6 is 0 Å². The molecule has 0 saturated heterocycles. The van der Waals surface area contributed by atoms with Crippen molar-refractivity contribution in [3.05, 3.63) is 42.0 Å². The fraction of sp³-hybridized carbons (Fsp3) is 0.0909. The van der Waals surface area contributed by atoms with E-state index in [1.54, 1.807) is 6.07 Å². The monoisotopic (exact) mass is 260 g/mol. The molecule has 0 saturated carbocycles. The highest BCUT2D eigenvalue weighted by Crippen LogP contribution is 2.26. The Hall–Kier alpha value is -2.61. The number of nitrogens with zero attached hydrogens (tertiary/aromatic N) is 5. The van der Waals surface area contributed by atoms with Crippen LogP contribution in [0.15, 0.2) is 30.6 Å². The highest BCUT2D eigenvalue weighted by Gasteiger charge is 2.11. The highest BCUT2D eigenvalue weighted by molar-refractivity contribution is 5.39. The van der Waals surface area contributed by atoms with Gasteiger partial charge in [0.05, 0.1) is 12.4 Å². The minimum atomic E-state index is -0.420. The minimum Gasteiger partial charge on any atom is -0.437 e. The van der Waals surface area contributed by atoms with E-state index in [2.05, 4.69) is 20.5 Å². The van der Waals surface area contributed by atoms with Crippen LogP contribution in [0.5, 0.6) is 11.6 Å². The number of ether oxygens (including phenoxy) is 1. The van der Waals surface area contributed by atoms with E-state index in [0.29, 0.717) is 11.4 Å². The predicted molar refractivity (Wildman–Crippen MR) is 62.9 cm³/mol. The van der Waals surface area contributed by atoms with Crippen molar-refractivity contribution in [3.8, 4) is 11.6 Å². The smallest absolute Gasteiger partial charge is 0.242 e. The number of fused-ring (bicyclic) bond motifs is 1. The maximum absolute atomic E-state index is 13.6. The summed E-state index contributed by atoms with van der Waals surface area (Å²) < 4.78 is 20.5. The number of tetrazole rings is 1. The molecular weight excluding hydrogens is 251 g/mol. The molecule has 0 fully saturated rings. The van der Waals surface area contributed by atoms with Crippen molar-refractivity contribution in [1.29, 1.82) is 0 Å². The van der Waals surface area contributed by atoms with Crippen LogP contribution < -0.4 is 10.5 Å². The van der Waals surface area contributed by atoms with Crippen molar-refractivity contribution in [1.82, 2.24) is 25.0 Å². The van der Waals surface area contributed by atoms with Crippen molar-refractivity contribution < 1.29 is 9.13 Å². The minimum absolute atomic E-state index is 0.0288. The molecule has 0 radical (unpaired) electrons. The number of rotatable bonds is 3. The SMILES string of the molecule is NCc1c(F)cccc1Oc1cncc2nnnn12. The maximum atomic E-state index is 13.6. The van der Waals surface area contributed by atoms with Crippen LogP contribution in [-0.2, 0) is 6.54 Å². The van der Waals surface area contributed by atoms with Crippen molar-refractivity contribution in [2.45, 2.75) is 6.54 Å². The molecule has 96 valence electrons. The Morgan fingerprint density at radius 1 is 1.32 bits per heavy atom. The first kappa shape index (κ1) is 11.5. The van der Waals surface area contributed by atoms with E-state index in [9.17, 15) is 4.39 Å². The Morgan fingerprint density at radius 3 is 3.05 bits per heavy atom. The maximum Gasteiger partial charge on any atom is 0.242 e. The van der Waals surface area contributed by atoms with Crippen molar-refractivity contribution in [2.24, 2.45) is 5.73 Å². The number of nitrogens with two attached hydrogens (primary N) is 1. The average molecular weight is 260 g/mol. The molecule has 0 aliphatic carbocycles. The van der Waals surface area contributed by atoms with E-state index in [1.807, 2.05) is 0 Å². The molecule has 3 aromatic rings. The molecular formula is C11H9FN6O. The van der Waals surface area contributed by atoms with Crippen LogP contribution in [0.4, 0.5) is 4.39 Å². The van der Waals surface area contributed by atoms with Gasteiger partial charge in [0.15, 0.2) is 0 Å². The quantitative estimate of drug-likeness (QED) is 0.752. The molecule has 19 heavy (non-hydrogen) atoms. The lowest BCUT2D eigenvalue weighted by Crippen LogP contribution is -2.04. The van der Waals surface area contributed by atoms with Gasteiger partial charge >= 0.3 is 0 Å². The number of halogens is 1. The standard InChI is InChI=1S/C11H9FN6O/c12-8-2-1-3-9(7(8)4-13)19-11-6-14-5-10-15-16-17-18(10)11/h1-3,5-6H,4,13H2. The van der Waals surface area contributed by atoms with E-state index >= 15 is 0 Å². The summed E-state index contributed by atoms with van der Waals surface area (Å²) in [6.07, 6.45) is 2.93. The first-order valence-corrected chi connectivity index (χ1v) is 5.47. The molecule has 0 amide bonds. The first-order chi connectivity index (χ1) is 9.29. The van der Waals surface area contributed by atoms with Crippen LogP contribution in [-0.4, -0.2) is 25.0 Å². The second-order valence-electron chi connectivity index (χ2n) is 3.72. The molecule has 2 aromatic heterocycles. The molecule has 0 spiro atoms. The second kappa shape index (κ2) is 4.58. The van der Waals surface area contributed by atoms with Gasteiger partial charge in [-0.1, -0.05) is 6.07 Å². The van der Waals surface area contributed by atoms with Gasteiger partial charge in [-0.05, 0) is 22.6 Å². The zero-order chi connectivity index (χ0) is 13.2. The van der Waals surface area contributed by atoms with Crippen LogP contribution in [0.25, 0.3) is 5.65 Å². The average Bonchev–Trinajstić information content (AvgIpc) is 2.88. The zero-order valence-corrected chi connectivity index (χ0v) is 9.69. The lowest BCUT2D eigenvalue weighted by Gasteiger charge is -2.10. The molecule has 0 unspecified atom stereocenters. The lowest BCUT2D eigenvalue weighted by molar-refractivity contribution is 0.431. The number of hydrogen-bond donors (Lipinski definition) is 1. The molecule has 0 aliphatic rings. The van der Waals surface area contributed by atoms with E-state index in [1.165, 1.54) is 29.0 Å². The van der Waals surface area contributed by atoms with Gasteiger partial charge in [0.2, 0.25) is 11.5 Å². The third kappa shape index (κ3) is 1.97. The summed E-state index contributed by atoms with van der Waals surface area (Å²) in [6, 6.07) is 4.48. The molecule has 8 heteroatoms. The Balaban J connectivity index is 2.06. The Kier molecular flexibility index (Phi) is 2.76. The van der Waals surface area contributed by atoms with Gasteiger partial charge in [-0.15, -0.1) is 5.10 Å². The fourth-order valence-electron chi connectivity index (χ4n) is 1.67. The van der Waals surface area contributed by atoms with Gasteiger partial charge in [-0.25, -0.2) is 4.39 Å². The molecule has 7 nitrogen and oxygen atoms in total. The number of hydrogen-bond acceptors (Lipinski definition) is 6. The zero-order valence-electron chi connectivity index (χ0n) is 9.69. The van der Waals surface area contributed by atoms with Crippen LogP contribution in [0.3, 0.4) is 0 Å². The van der Waals surface area contributed by atoms with E-state index in [0.717, 1.165) is 0 Å². The van der Waals surface area contributed by atoms with E-state index in [-0.39, 0.29) is 18.0 Å². The summed E-state index contributed by atoms with van der Waals surface area (Å²) in [5, 5.41) is 11.0. The molecule has 1 aromatic carbocycles. The topological polar surface area (TPSA) is 91.2 Å². The Morgan fingerprint density at radius 2 is 2.21 bits per heavy atom. The van der Waals surface area contributed by atoms with Gasteiger partial charge in [-0.2, -0.15) is 4.52 Å². The summed E-state index contributed by atoms with van der Waals surface area (Å²) in [7, 11) is 0. The molecule has 0 atom stereocenters. The summed E-state index contributed by atoms with van der Waals surface area (Å²) in [6.45, 7) is 0.0288. The Bertz CT molecular complexity index is 728. The molecule has 2 N–H and O–H groups in total. The van der Waals surface area contributed by atoms with Crippen molar-refractivity contribution in [2.75, 3.05) is 0 Å². The highest BCUT2D eigenvalue weighted by atomic mass is 19.1. The third-order valence-corrected chi connectivity index (χ3v) is 2.57. The van der Waals surface area contributed by atoms with E-state index in [4.69, 9.17) is 10.5 Å². The van der Waals surface area contributed by atoms with Gasteiger partial charge in [0.25, 0.3) is 0 Å². The van der Waals surface area contributed by atoms with Crippen LogP contribution in [0.2, 0.25) is 0 Å². The number of benzene rings is 1. The summed E-state index contributed by atoms with van der Waals surface area (Å²) >= 11 is 0. The molecule has 0 bridgehead atoms. The fourth-order valence-corrected chi connectivity index (χ4v) is 1.67. The largest absolute Gasteiger partial charge is 0.437 e. The van der Waals surface area contributed by atoms with E-state index < -0.39 is 5.82 Å². The Labute approximate surface area is 106 Å². The van der Waals surface area contributed by atoms with Crippen LogP contribution in [0, 0.1) is 5.82 Å². The number of aromatic nitrogens is 5. The van der Waals surface area contributed by atoms with Crippen molar-refractivity contribution >= 4 is 5.65 Å². The van der Waals surface area contributed by atoms with Gasteiger partial charge in [0, 0.05) is 12.1 Å². The molecule has 0 aliphatic heterocycles. The lowest BCUT2D eigenvalue weighted by atomic mass is 10.2. The van der Waals surface area contributed by atoms with Crippen LogP contribution in [0.1, 0.15) is 5.56 Å². The molecule has 3 rings (SSSR count). The summed E-state index contributed by atoms with van der Waals surface area (Å²) in [5.74, 6) is 0.173. The third-order valence-electron chi connectivity index (χ3n) is 2.57.